The summed E-state index contributed by atoms with van der Waals surface area (Å²) in [6, 6.07) is 8.95. The summed E-state index contributed by atoms with van der Waals surface area (Å²) in [6.45, 7) is 0.481. The van der Waals surface area contributed by atoms with Crippen molar-refractivity contribution in [3.63, 3.8) is 0 Å². The molecule has 1 amide bonds. The van der Waals surface area contributed by atoms with E-state index in [0.717, 1.165) is 11.3 Å². The summed E-state index contributed by atoms with van der Waals surface area (Å²) in [6.07, 6.45) is 3.60. The summed E-state index contributed by atoms with van der Waals surface area (Å²) in [5.74, 6) is -1.75. The first-order valence-corrected chi connectivity index (χ1v) is 10.00. The van der Waals surface area contributed by atoms with E-state index in [0.29, 0.717) is 30.9 Å². The van der Waals surface area contributed by atoms with E-state index in [1.165, 1.54) is 10.7 Å². The molecule has 156 valence electrons. The smallest absolute Gasteiger partial charge is 0.256 e. The van der Waals surface area contributed by atoms with Gasteiger partial charge in [0.1, 0.15) is 23.7 Å². The van der Waals surface area contributed by atoms with Crippen LogP contribution in [-0.2, 0) is 0 Å². The molecule has 1 aliphatic carbocycles. The lowest BCUT2D eigenvalue weighted by Gasteiger charge is -2.29. The molecule has 0 saturated heterocycles. The molecule has 0 radical (unpaired) electrons. The maximum Gasteiger partial charge on any atom is 0.256 e. The highest BCUT2D eigenvalue weighted by molar-refractivity contribution is 5.99. The third-order valence-electron chi connectivity index (χ3n) is 5.61. The Hall–Kier alpha value is -3.23. The zero-order chi connectivity index (χ0) is 20.7. The van der Waals surface area contributed by atoms with Crippen molar-refractivity contribution < 1.29 is 18.3 Å². The van der Waals surface area contributed by atoms with Crippen molar-refractivity contribution in [1.82, 2.24) is 19.9 Å². The fourth-order valence-corrected chi connectivity index (χ4v) is 4.13. The lowest BCUT2D eigenvalue weighted by atomic mass is 9.92. The van der Waals surface area contributed by atoms with Gasteiger partial charge >= 0.3 is 0 Å². The average Bonchev–Trinajstić information content (AvgIpc) is 3.31. The number of carbonyl (C=O) groups excluding carboxylic acids is 1. The van der Waals surface area contributed by atoms with Gasteiger partial charge in [-0.3, -0.25) is 4.79 Å². The highest BCUT2D eigenvalue weighted by Crippen LogP contribution is 2.34. The van der Waals surface area contributed by atoms with Crippen molar-refractivity contribution in [2.24, 2.45) is 0 Å². The van der Waals surface area contributed by atoms with Gasteiger partial charge in [0, 0.05) is 30.6 Å². The number of ether oxygens (including phenoxy) is 1. The topological polar surface area (TPSA) is 80.6 Å². The van der Waals surface area contributed by atoms with Crippen LogP contribution < -0.4 is 15.4 Å². The van der Waals surface area contributed by atoms with Crippen LogP contribution in [0.1, 0.15) is 47.6 Å². The third kappa shape index (κ3) is 3.55. The van der Waals surface area contributed by atoms with Gasteiger partial charge in [-0.1, -0.05) is 18.2 Å². The van der Waals surface area contributed by atoms with Gasteiger partial charge in [0.2, 0.25) is 5.92 Å². The van der Waals surface area contributed by atoms with Gasteiger partial charge in [-0.25, -0.2) is 18.3 Å². The van der Waals surface area contributed by atoms with Gasteiger partial charge in [0.15, 0.2) is 5.65 Å². The number of fused-ring (bicyclic) bond motifs is 2. The molecule has 2 aromatic heterocycles. The SMILES string of the molecule is O=C(NC1CCCC(F)(F)C1)c1cnn2ccc(NC3COc4ccccc43)nc12. The number of aromatic nitrogens is 3. The molecular weight excluding hydrogens is 392 g/mol. The van der Waals surface area contributed by atoms with Crippen LogP contribution in [0, 0.1) is 0 Å². The first-order valence-electron chi connectivity index (χ1n) is 10.00. The number of anilines is 1. The van der Waals surface area contributed by atoms with E-state index in [2.05, 4.69) is 20.7 Å². The van der Waals surface area contributed by atoms with Gasteiger partial charge < -0.3 is 15.4 Å². The van der Waals surface area contributed by atoms with E-state index in [1.54, 1.807) is 12.3 Å². The van der Waals surface area contributed by atoms with Crippen LogP contribution in [0.5, 0.6) is 5.75 Å². The Bertz CT molecular complexity index is 1100. The normalized spacial score (nSPS) is 22.3. The van der Waals surface area contributed by atoms with Crippen molar-refractivity contribution in [3.8, 4) is 5.75 Å². The van der Waals surface area contributed by atoms with E-state index in [1.807, 2.05) is 24.3 Å². The zero-order valence-corrected chi connectivity index (χ0v) is 16.1. The summed E-state index contributed by atoms with van der Waals surface area (Å²) < 4.78 is 34.5. The lowest BCUT2D eigenvalue weighted by molar-refractivity contribution is -0.0429. The zero-order valence-electron chi connectivity index (χ0n) is 16.1. The van der Waals surface area contributed by atoms with Gasteiger partial charge in [0.05, 0.1) is 12.2 Å². The first-order chi connectivity index (χ1) is 14.5. The van der Waals surface area contributed by atoms with E-state index in [4.69, 9.17) is 4.74 Å². The number of nitrogens with zero attached hydrogens (tertiary/aromatic N) is 3. The van der Waals surface area contributed by atoms with E-state index < -0.39 is 17.9 Å². The number of para-hydroxylation sites is 1. The summed E-state index contributed by atoms with van der Waals surface area (Å²) >= 11 is 0. The van der Waals surface area contributed by atoms with Crippen LogP contribution in [0.3, 0.4) is 0 Å². The molecule has 3 heterocycles. The van der Waals surface area contributed by atoms with Crippen LogP contribution >= 0.6 is 0 Å². The number of alkyl halides is 2. The minimum atomic E-state index is -2.73. The third-order valence-corrected chi connectivity index (χ3v) is 5.61. The van der Waals surface area contributed by atoms with Crippen molar-refractivity contribution in [2.75, 3.05) is 11.9 Å². The van der Waals surface area contributed by atoms with Crippen molar-refractivity contribution in [3.05, 3.63) is 53.9 Å². The van der Waals surface area contributed by atoms with Crippen LogP contribution in [0.25, 0.3) is 5.65 Å². The van der Waals surface area contributed by atoms with Crippen molar-refractivity contribution in [1.29, 1.82) is 0 Å². The highest BCUT2D eigenvalue weighted by atomic mass is 19.3. The molecule has 30 heavy (non-hydrogen) atoms. The van der Waals surface area contributed by atoms with Crippen LogP contribution in [0.2, 0.25) is 0 Å². The predicted molar refractivity (Wildman–Crippen MR) is 106 cm³/mol. The Balaban J connectivity index is 1.35. The molecular formula is C21H21F2N5O2. The summed E-state index contributed by atoms with van der Waals surface area (Å²) in [5, 5.41) is 10.2. The van der Waals surface area contributed by atoms with E-state index >= 15 is 0 Å². The van der Waals surface area contributed by atoms with Gasteiger partial charge in [-0.2, -0.15) is 5.10 Å². The highest BCUT2D eigenvalue weighted by Gasteiger charge is 2.37. The Morgan fingerprint density at radius 3 is 3.00 bits per heavy atom. The quantitative estimate of drug-likeness (QED) is 0.683. The molecule has 1 fully saturated rings. The number of amides is 1. The second kappa shape index (κ2) is 7.23. The predicted octanol–water partition coefficient (Wildman–Crippen LogP) is 3.58. The monoisotopic (exact) mass is 413 g/mol. The van der Waals surface area contributed by atoms with Crippen LogP contribution in [0.4, 0.5) is 14.6 Å². The minimum absolute atomic E-state index is 0.0548. The average molecular weight is 413 g/mol. The largest absolute Gasteiger partial charge is 0.491 e. The number of carbonyl (C=O) groups is 1. The second-order valence-corrected chi connectivity index (χ2v) is 7.81. The Kier molecular flexibility index (Phi) is 4.52. The minimum Gasteiger partial charge on any atom is -0.491 e. The maximum atomic E-state index is 13.7. The number of hydrogen-bond donors (Lipinski definition) is 2. The maximum absolute atomic E-state index is 13.7. The molecule has 2 aliphatic rings. The van der Waals surface area contributed by atoms with Gasteiger partial charge in [-0.15, -0.1) is 0 Å². The molecule has 7 nitrogen and oxygen atoms in total. The molecule has 0 bridgehead atoms. The molecule has 2 atom stereocenters. The molecule has 5 rings (SSSR count). The standard InChI is InChI=1S/C21H21F2N5O2/c22-21(23)8-3-4-13(10-21)25-20(29)15-11-24-28-9-7-18(27-19(15)28)26-16-12-30-17-6-2-1-5-14(16)17/h1-2,5-7,9,11,13,16H,3-4,8,10,12H2,(H,25,29)(H,26,27). The van der Waals surface area contributed by atoms with E-state index in [9.17, 15) is 13.6 Å². The number of hydrogen-bond acceptors (Lipinski definition) is 5. The Labute approximate surface area is 171 Å². The molecule has 1 saturated carbocycles. The molecule has 3 aromatic rings. The molecule has 2 N–H and O–H groups in total. The summed E-state index contributed by atoms with van der Waals surface area (Å²) in [5.41, 5.74) is 1.67. The molecule has 1 aliphatic heterocycles. The molecule has 0 spiro atoms. The number of rotatable bonds is 4. The first kappa shape index (κ1) is 18.8. The van der Waals surface area contributed by atoms with Gasteiger partial charge in [0.25, 0.3) is 5.91 Å². The number of halogens is 2. The summed E-state index contributed by atoms with van der Waals surface area (Å²) in [4.78, 5) is 17.3. The molecule has 1 aromatic carbocycles. The van der Waals surface area contributed by atoms with Crippen LogP contribution in [0.15, 0.2) is 42.7 Å². The second-order valence-electron chi connectivity index (χ2n) is 7.81. The Morgan fingerprint density at radius 1 is 1.27 bits per heavy atom. The Morgan fingerprint density at radius 2 is 2.13 bits per heavy atom. The number of benzene rings is 1. The summed E-state index contributed by atoms with van der Waals surface area (Å²) in [7, 11) is 0. The fourth-order valence-electron chi connectivity index (χ4n) is 4.13. The molecule has 2 unspecified atom stereocenters. The van der Waals surface area contributed by atoms with Crippen molar-refractivity contribution in [2.45, 2.75) is 43.7 Å². The fraction of sp³-hybridized carbons (Fsp3) is 0.381. The van der Waals surface area contributed by atoms with E-state index in [-0.39, 0.29) is 24.4 Å². The van der Waals surface area contributed by atoms with Crippen LogP contribution in [-0.4, -0.2) is 39.1 Å². The lowest BCUT2D eigenvalue weighted by Crippen LogP contribution is -2.42. The molecule has 9 heteroatoms. The number of nitrogens with one attached hydrogen (secondary N) is 2. The van der Waals surface area contributed by atoms with Gasteiger partial charge in [-0.05, 0) is 25.0 Å². The van der Waals surface area contributed by atoms with Crippen molar-refractivity contribution >= 4 is 17.4 Å².